The zero-order valence-electron chi connectivity index (χ0n) is 13.1. The Labute approximate surface area is 142 Å². The number of hydrogen-bond donors (Lipinski definition) is 1. The van der Waals surface area contributed by atoms with Crippen LogP contribution in [-0.2, 0) is 13.1 Å². The molecule has 1 amide bonds. The summed E-state index contributed by atoms with van der Waals surface area (Å²) in [5, 5.41) is 4.25. The topological polar surface area (TPSA) is 64.2 Å². The summed E-state index contributed by atoms with van der Waals surface area (Å²) < 4.78 is 1.98. The molecule has 1 fully saturated rings. The molecule has 3 rings (SSSR count). The molecule has 2 heterocycles. The maximum Gasteiger partial charge on any atom is 0.253 e. The van der Waals surface area contributed by atoms with E-state index in [1.54, 1.807) is 0 Å². The molecule has 1 aliphatic heterocycles. The van der Waals surface area contributed by atoms with Gasteiger partial charge >= 0.3 is 0 Å². The van der Waals surface area contributed by atoms with Crippen molar-refractivity contribution < 1.29 is 4.79 Å². The van der Waals surface area contributed by atoms with Crippen molar-refractivity contribution in [3.63, 3.8) is 0 Å². The summed E-state index contributed by atoms with van der Waals surface area (Å²) in [4.78, 5) is 14.5. The number of amides is 1. The molecule has 0 bridgehead atoms. The van der Waals surface area contributed by atoms with E-state index in [1.807, 2.05) is 52.3 Å². The molecule has 0 atom stereocenters. The van der Waals surface area contributed by atoms with Crippen LogP contribution in [0.1, 0.15) is 28.8 Å². The van der Waals surface area contributed by atoms with Crippen molar-refractivity contribution >= 4 is 18.3 Å². The number of nitrogens with two attached hydrogens (primary N) is 1. The summed E-state index contributed by atoms with van der Waals surface area (Å²) in [6.07, 6.45) is 5.87. The minimum Gasteiger partial charge on any atom is -0.339 e. The predicted molar refractivity (Wildman–Crippen MR) is 92.4 cm³/mol. The van der Waals surface area contributed by atoms with E-state index in [9.17, 15) is 4.79 Å². The summed E-state index contributed by atoms with van der Waals surface area (Å²) in [5.74, 6) is 0.727. The number of rotatable bonds is 4. The maximum atomic E-state index is 12.5. The van der Waals surface area contributed by atoms with Gasteiger partial charge in [0.2, 0.25) is 0 Å². The van der Waals surface area contributed by atoms with Crippen molar-refractivity contribution in [1.29, 1.82) is 0 Å². The van der Waals surface area contributed by atoms with E-state index in [0.29, 0.717) is 12.5 Å². The van der Waals surface area contributed by atoms with Gasteiger partial charge in [-0.15, -0.1) is 12.4 Å². The molecule has 23 heavy (non-hydrogen) atoms. The van der Waals surface area contributed by atoms with Crippen molar-refractivity contribution in [2.45, 2.75) is 25.9 Å². The van der Waals surface area contributed by atoms with Gasteiger partial charge in [-0.05, 0) is 42.5 Å². The minimum atomic E-state index is 0. The van der Waals surface area contributed by atoms with E-state index < -0.39 is 0 Å². The van der Waals surface area contributed by atoms with Gasteiger partial charge in [0.1, 0.15) is 0 Å². The molecule has 1 aliphatic rings. The Hall–Kier alpha value is -1.85. The minimum absolute atomic E-state index is 0. The van der Waals surface area contributed by atoms with Crippen molar-refractivity contribution in [3.8, 4) is 0 Å². The van der Waals surface area contributed by atoms with Gasteiger partial charge in [0, 0.05) is 44.1 Å². The molecule has 0 unspecified atom stereocenters. The van der Waals surface area contributed by atoms with Gasteiger partial charge < -0.3 is 10.6 Å². The number of nitrogens with zero attached hydrogens (tertiary/aromatic N) is 3. The van der Waals surface area contributed by atoms with Gasteiger partial charge in [-0.25, -0.2) is 0 Å². The average molecular weight is 335 g/mol. The lowest BCUT2D eigenvalue weighted by atomic mass is 9.96. The van der Waals surface area contributed by atoms with Gasteiger partial charge in [0.25, 0.3) is 5.91 Å². The lowest BCUT2D eigenvalue weighted by Crippen LogP contribution is -2.39. The molecule has 0 spiro atoms. The molecule has 5 nitrogen and oxygen atoms in total. The van der Waals surface area contributed by atoms with E-state index in [0.717, 1.165) is 43.6 Å². The smallest absolute Gasteiger partial charge is 0.253 e. The Balaban J connectivity index is 0.00000192. The van der Waals surface area contributed by atoms with Crippen LogP contribution in [0.5, 0.6) is 0 Å². The number of halogens is 1. The van der Waals surface area contributed by atoms with Gasteiger partial charge in [-0.1, -0.05) is 12.1 Å². The fraction of sp³-hybridized carbons (Fsp3) is 0.412. The molecule has 0 radical (unpaired) electrons. The molecule has 6 heteroatoms. The predicted octanol–water partition coefficient (Wildman–Crippen LogP) is 2.32. The first-order chi connectivity index (χ1) is 10.8. The van der Waals surface area contributed by atoms with E-state index in [2.05, 4.69) is 5.10 Å². The standard InChI is InChI=1S/C17H22N4O.ClH/c18-12-14-2-4-16(5-3-14)17(22)20-10-6-15(7-11-20)13-21-9-1-8-19-21;/h1-5,8-9,15H,6-7,10-13,18H2;1H. The largest absolute Gasteiger partial charge is 0.339 e. The number of hydrogen-bond acceptors (Lipinski definition) is 3. The van der Waals surface area contributed by atoms with E-state index in [-0.39, 0.29) is 18.3 Å². The molecule has 0 aliphatic carbocycles. The van der Waals surface area contributed by atoms with Crippen LogP contribution in [0.4, 0.5) is 0 Å². The number of benzene rings is 1. The highest BCUT2D eigenvalue weighted by atomic mass is 35.5. The van der Waals surface area contributed by atoms with E-state index >= 15 is 0 Å². The second-order valence-corrected chi connectivity index (χ2v) is 5.86. The number of carbonyl (C=O) groups is 1. The summed E-state index contributed by atoms with van der Waals surface area (Å²) in [6.45, 7) is 3.10. The fourth-order valence-corrected chi connectivity index (χ4v) is 2.96. The highest BCUT2D eigenvalue weighted by Gasteiger charge is 2.23. The summed E-state index contributed by atoms with van der Waals surface area (Å²) >= 11 is 0. The van der Waals surface area contributed by atoms with Crippen molar-refractivity contribution in [1.82, 2.24) is 14.7 Å². The molecular weight excluding hydrogens is 312 g/mol. The third-order valence-electron chi connectivity index (χ3n) is 4.34. The molecular formula is C17H23ClN4O. The number of aromatic nitrogens is 2. The molecule has 0 saturated carbocycles. The molecule has 1 aromatic heterocycles. The summed E-state index contributed by atoms with van der Waals surface area (Å²) in [7, 11) is 0. The fourth-order valence-electron chi connectivity index (χ4n) is 2.96. The SMILES string of the molecule is Cl.NCc1ccc(C(=O)N2CCC(Cn3cccn3)CC2)cc1. The third kappa shape index (κ3) is 4.33. The zero-order chi connectivity index (χ0) is 15.4. The Morgan fingerprint density at radius 3 is 2.48 bits per heavy atom. The Morgan fingerprint density at radius 1 is 1.22 bits per heavy atom. The Morgan fingerprint density at radius 2 is 1.91 bits per heavy atom. The van der Waals surface area contributed by atoms with Crippen LogP contribution in [0.15, 0.2) is 42.7 Å². The van der Waals surface area contributed by atoms with Crippen LogP contribution in [0.25, 0.3) is 0 Å². The first-order valence-electron chi connectivity index (χ1n) is 7.82. The molecule has 1 saturated heterocycles. The van der Waals surface area contributed by atoms with E-state index in [1.165, 1.54) is 0 Å². The van der Waals surface area contributed by atoms with Crippen LogP contribution < -0.4 is 5.73 Å². The molecule has 2 N–H and O–H groups in total. The monoisotopic (exact) mass is 334 g/mol. The average Bonchev–Trinajstić information content (AvgIpc) is 3.08. The molecule has 2 aromatic rings. The number of carbonyl (C=O) groups excluding carboxylic acids is 1. The Kier molecular flexibility index (Phi) is 6.19. The highest BCUT2D eigenvalue weighted by molar-refractivity contribution is 5.94. The highest BCUT2D eigenvalue weighted by Crippen LogP contribution is 2.20. The first kappa shape index (κ1) is 17.5. The normalized spacial score (nSPS) is 15.3. The van der Waals surface area contributed by atoms with Crippen molar-refractivity contribution in [2.24, 2.45) is 11.7 Å². The van der Waals surface area contributed by atoms with Gasteiger partial charge in [0.15, 0.2) is 0 Å². The van der Waals surface area contributed by atoms with Crippen molar-refractivity contribution in [3.05, 3.63) is 53.9 Å². The van der Waals surface area contributed by atoms with Crippen LogP contribution >= 0.6 is 12.4 Å². The van der Waals surface area contributed by atoms with E-state index in [4.69, 9.17) is 5.73 Å². The summed E-state index contributed by atoms with van der Waals surface area (Å²) in [6, 6.07) is 9.56. The first-order valence-corrected chi connectivity index (χ1v) is 7.82. The quantitative estimate of drug-likeness (QED) is 0.933. The molecule has 1 aromatic carbocycles. The second kappa shape index (κ2) is 8.13. The maximum absolute atomic E-state index is 12.5. The van der Waals surface area contributed by atoms with Crippen LogP contribution in [0.2, 0.25) is 0 Å². The summed E-state index contributed by atoms with van der Waals surface area (Å²) in [5.41, 5.74) is 7.39. The number of likely N-dealkylation sites (tertiary alicyclic amines) is 1. The lowest BCUT2D eigenvalue weighted by Gasteiger charge is -2.32. The van der Waals surface area contributed by atoms with Gasteiger partial charge in [-0.3, -0.25) is 9.48 Å². The second-order valence-electron chi connectivity index (χ2n) is 5.86. The van der Waals surface area contributed by atoms with Crippen LogP contribution in [-0.4, -0.2) is 33.7 Å². The Bertz CT molecular complexity index is 604. The van der Waals surface area contributed by atoms with Gasteiger partial charge in [-0.2, -0.15) is 5.10 Å². The lowest BCUT2D eigenvalue weighted by molar-refractivity contribution is 0.0681. The van der Waals surface area contributed by atoms with Crippen molar-refractivity contribution in [2.75, 3.05) is 13.1 Å². The molecule has 124 valence electrons. The zero-order valence-corrected chi connectivity index (χ0v) is 13.9. The van der Waals surface area contributed by atoms with Crippen LogP contribution in [0, 0.1) is 5.92 Å². The van der Waals surface area contributed by atoms with Crippen LogP contribution in [0.3, 0.4) is 0 Å². The van der Waals surface area contributed by atoms with Gasteiger partial charge in [0.05, 0.1) is 0 Å². The number of piperidine rings is 1. The third-order valence-corrected chi connectivity index (χ3v) is 4.34.